The molecule has 0 spiro atoms. The fraction of sp³-hybridized carbons (Fsp3) is 0.176. The SMILES string of the molecule is CCCc1ccc(NC=C(C#N)C#N)c2ccccc12. The van der Waals surface area contributed by atoms with E-state index in [4.69, 9.17) is 10.5 Å². The second-order valence-corrected chi connectivity index (χ2v) is 4.49. The normalized spacial score (nSPS) is 9.55. The van der Waals surface area contributed by atoms with Crippen molar-refractivity contribution < 1.29 is 0 Å². The molecule has 0 bridgehead atoms. The van der Waals surface area contributed by atoms with Crippen LogP contribution in [0.1, 0.15) is 18.9 Å². The summed E-state index contributed by atoms with van der Waals surface area (Å²) >= 11 is 0. The molecular weight excluding hydrogens is 246 g/mol. The van der Waals surface area contributed by atoms with Gasteiger partial charge in [0.05, 0.1) is 0 Å². The van der Waals surface area contributed by atoms with Gasteiger partial charge < -0.3 is 5.32 Å². The van der Waals surface area contributed by atoms with Crippen LogP contribution in [0.25, 0.3) is 10.8 Å². The van der Waals surface area contributed by atoms with Crippen LogP contribution < -0.4 is 5.32 Å². The molecule has 0 aliphatic heterocycles. The van der Waals surface area contributed by atoms with Gasteiger partial charge in [0.2, 0.25) is 0 Å². The number of benzene rings is 2. The van der Waals surface area contributed by atoms with Gasteiger partial charge >= 0.3 is 0 Å². The van der Waals surface area contributed by atoms with E-state index in [0.29, 0.717) is 0 Å². The Morgan fingerprint density at radius 1 is 1.10 bits per heavy atom. The van der Waals surface area contributed by atoms with Gasteiger partial charge in [0.15, 0.2) is 0 Å². The highest BCUT2D eigenvalue weighted by Gasteiger charge is 2.04. The molecule has 2 aromatic carbocycles. The molecule has 0 atom stereocenters. The molecule has 2 aromatic rings. The maximum absolute atomic E-state index is 8.75. The smallest absolute Gasteiger partial charge is 0.145 e. The van der Waals surface area contributed by atoms with E-state index in [-0.39, 0.29) is 5.57 Å². The largest absolute Gasteiger partial charge is 0.359 e. The highest BCUT2D eigenvalue weighted by Crippen LogP contribution is 2.27. The molecule has 0 aliphatic rings. The molecule has 0 heterocycles. The van der Waals surface area contributed by atoms with E-state index in [1.54, 1.807) is 0 Å². The molecule has 3 nitrogen and oxygen atoms in total. The number of rotatable bonds is 4. The van der Waals surface area contributed by atoms with Gasteiger partial charge in [-0.1, -0.05) is 43.7 Å². The number of nitriles is 2. The van der Waals surface area contributed by atoms with E-state index in [9.17, 15) is 0 Å². The molecule has 0 fully saturated rings. The van der Waals surface area contributed by atoms with Crippen molar-refractivity contribution in [2.24, 2.45) is 0 Å². The number of hydrogen-bond acceptors (Lipinski definition) is 3. The molecule has 0 amide bonds. The number of hydrogen-bond donors (Lipinski definition) is 1. The standard InChI is InChI=1S/C17H15N3/c1-2-5-14-8-9-17(20-12-13(10-18)11-19)16-7-4-3-6-15(14)16/h3-4,6-9,12,20H,2,5H2,1H3. The third-order valence-corrected chi connectivity index (χ3v) is 3.15. The van der Waals surface area contributed by atoms with Crippen molar-refractivity contribution in [2.45, 2.75) is 19.8 Å². The minimum Gasteiger partial charge on any atom is -0.359 e. The molecule has 3 heteroatoms. The monoisotopic (exact) mass is 261 g/mol. The van der Waals surface area contributed by atoms with Crippen molar-refractivity contribution in [3.8, 4) is 12.1 Å². The summed E-state index contributed by atoms with van der Waals surface area (Å²) in [6.07, 6.45) is 3.59. The van der Waals surface area contributed by atoms with Crippen LogP contribution in [0, 0.1) is 22.7 Å². The Morgan fingerprint density at radius 2 is 1.80 bits per heavy atom. The summed E-state index contributed by atoms with van der Waals surface area (Å²) in [7, 11) is 0. The van der Waals surface area contributed by atoms with Crippen molar-refractivity contribution in [3.63, 3.8) is 0 Å². The Kier molecular flexibility index (Phi) is 4.37. The average molecular weight is 261 g/mol. The van der Waals surface area contributed by atoms with Crippen molar-refractivity contribution >= 4 is 16.5 Å². The second-order valence-electron chi connectivity index (χ2n) is 4.49. The van der Waals surface area contributed by atoms with Gasteiger partial charge in [0.1, 0.15) is 17.7 Å². The van der Waals surface area contributed by atoms with Crippen LogP contribution >= 0.6 is 0 Å². The lowest BCUT2D eigenvalue weighted by atomic mass is 10.00. The van der Waals surface area contributed by atoms with E-state index in [1.165, 1.54) is 17.1 Å². The summed E-state index contributed by atoms with van der Waals surface area (Å²) < 4.78 is 0. The number of nitrogens with one attached hydrogen (secondary N) is 1. The van der Waals surface area contributed by atoms with Crippen molar-refractivity contribution in [1.29, 1.82) is 10.5 Å². The quantitative estimate of drug-likeness (QED) is 0.841. The Labute approximate surface area is 118 Å². The lowest BCUT2D eigenvalue weighted by Crippen LogP contribution is -1.94. The van der Waals surface area contributed by atoms with Crippen LogP contribution in [0.3, 0.4) is 0 Å². The van der Waals surface area contributed by atoms with E-state index in [2.05, 4.69) is 24.4 Å². The second kappa shape index (κ2) is 6.41. The summed E-state index contributed by atoms with van der Waals surface area (Å²) in [6.45, 7) is 2.16. The molecule has 0 aromatic heterocycles. The predicted molar refractivity (Wildman–Crippen MR) is 80.9 cm³/mol. The fourth-order valence-electron chi connectivity index (χ4n) is 2.21. The van der Waals surface area contributed by atoms with Crippen LogP contribution in [0.4, 0.5) is 5.69 Å². The van der Waals surface area contributed by atoms with Gasteiger partial charge in [-0.25, -0.2) is 0 Å². The summed E-state index contributed by atoms with van der Waals surface area (Å²) in [5.41, 5.74) is 2.29. The lowest BCUT2D eigenvalue weighted by Gasteiger charge is -2.10. The van der Waals surface area contributed by atoms with Crippen molar-refractivity contribution in [1.82, 2.24) is 0 Å². The molecule has 0 aliphatic carbocycles. The molecule has 0 saturated heterocycles. The summed E-state index contributed by atoms with van der Waals surface area (Å²) in [5.74, 6) is 0. The van der Waals surface area contributed by atoms with Gasteiger partial charge in [0, 0.05) is 17.3 Å². The highest BCUT2D eigenvalue weighted by atomic mass is 14.8. The van der Waals surface area contributed by atoms with Crippen LogP contribution in [0.2, 0.25) is 0 Å². The predicted octanol–water partition coefficient (Wildman–Crippen LogP) is 4.14. The third-order valence-electron chi connectivity index (χ3n) is 3.15. The van der Waals surface area contributed by atoms with E-state index < -0.39 is 0 Å². The van der Waals surface area contributed by atoms with E-state index >= 15 is 0 Å². The molecule has 0 unspecified atom stereocenters. The zero-order valence-electron chi connectivity index (χ0n) is 11.4. The van der Waals surface area contributed by atoms with Gasteiger partial charge in [-0.05, 0) is 23.4 Å². The Balaban J connectivity index is 2.47. The topological polar surface area (TPSA) is 59.6 Å². The fourth-order valence-corrected chi connectivity index (χ4v) is 2.21. The van der Waals surface area contributed by atoms with Crippen LogP contribution in [-0.2, 0) is 6.42 Å². The zero-order valence-corrected chi connectivity index (χ0v) is 11.4. The number of nitrogens with zero attached hydrogens (tertiary/aromatic N) is 2. The summed E-state index contributed by atoms with van der Waals surface area (Å²) in [5, 5.41) is 22.9. The number of fused-ring (bicyclic) bond motifs is 1. The van der Waals surface area contributed by atoms with Gasteiger partial charge in [0.25, 0.3) is 0 Å². The minimum atomic E-state index is 0.0618. The molecule has 0 saturated carbocycles. The number of aryl methyl sites for hydroxylation is 1. The number of allylic oxidation sites excluding steroid dienone is 1. The molecular formula is C17H15N3. The molecule has 0 radical (unpaired) electrons. The van der Waals surface area contributed by atoms with Crippen molar-refractivity contribution in [3.05, 3.63) is 53.7 Å². The van der Waals surface area contributed by atoms with E-state index in [1.807, 2.05) is 36.4 Å². The molecule has 20 heavy (non-hydrogen) atoms. The Morgan fingerprint density at radius 3 is 2.45 bits per heavy atom. The maximum atomic E-state index is 8.75. The molecule has 2 rings (SSSR count). The Bertz CT molecular complexity index is 714. The average Bonchev–Trinajstić information content (AvgIpc) is 2.50. The summed E-state index contributed by atoms with van der Waals surface area (Å²) in [6, 6.07) is 15.9. The summed E-state index contributed by atoms with van der Waals surface area (Å²) in [4.78, 5) is 0. The van der Waals surface area contributed by atoms with Crippen LogP contribution in [0.15, 0.2) is 48.2 Å². The third kappa shape index (κ3) is 2.79. The first-order valence-electron chi connectivity index (χ1n) is 6.57. The zero-order chi connectivity index (χ0) is 14.4. The van der Waals surface area contributed by atoms with Crippen LogP contribution in [-0.4, -0.2) is 0 Å². The number of anilines is 1. The van der Waals surface area contributed by atoms with Gasteiger partial charge in [-0.2, -0.15) is 10.5 Å². The lowest BCUT2D eigenvalue weighted by molar-refractivity contribution is 0.930. The van der Waals surface area contributed by atoms with Gasteiger partial charge in [-0.15, -0.1) is 0 Å². The first kappa shape index (κ1) is 13.6. The van der Waals surface area contributed by atoms with Gasteiger partial charge in [-0.3, -0.25) is 0 Å². The first-order chi connectivity index (χ1) is 9.80. The van der Waals surface area contributed by atoms with E-state index in [0.717, 1.165) is 23.9 Å². The van der Waals surface area contributed by atoms with Crippen LogP contribution in [0.5, 0.6) is 0 Å². The first-order valence-corrected chi connectivity index (χ1v) is 6.57. The maximum Gasteiger partial charge on any atom is 0.145 e. The minimum absolute atomic E-state index is 0.0618. The Hall–Kier alpha value is -2.78. The highest BCUT2D eigenvalue weighted by molar-refractivity contribution is 5.96. The molecule has 1 N–H and O–H groups in total. The molecule has 98 valence electrons. The van der Waals surface area contributed by atoms with Crippen molar-refractivity contribution in [2.75, 3.05) is 5.32 Å².